The van der Waals surface area contributed by atoms with Crippen molar-refractivity contribution in [2.45, 2.75) is 6.18 Å². The number of halogens is 4. The third-order valence-electron chi connectivity index (χ3n) is 1.10. The van der Waals surface area contributed by atoms with Gasteiger partial charge in [0.05, 0.1) is 11.1 Å². The lowest BCUT2D eigenvalue weighted by Crippen LogP contribution is -2.03. The lowest BCUT2D eigenvalue weighted by molar-refractivity contribution is -0.137. The Morgan fingerprint density at radius 3 is 1.77 bits per heavy atom. The van der Waals surface area contributed by atoms with Crippen LogP contribution in [0.4, 0.5) is 13.2 Å². The minimum absolute atomic E-state index is 0.0625. The van der Waals surface area contributed by atoms with Gasteiger partial charge in [0.1, 0.15) is 0 Å². The summed E-state index contributed by atoms with van der Waals surface area (Å²) in [5.41, 5.74) is -0.539. The van der Waals surface area contributed by atoms with E-state index in [4.69, 9.17) is 5.11 Å². The van der Waals surface area contributed by atoms with Gasteiger partial charge in [0.15, 0.2) is 0 Å². The average molecular weight is 257 g/mol. The van der Waals surface area contributed by atoms with Gasteiger partial charge in [-0.05, 0) is 0 Å². The number of hydrogen-bond acceptors (Lipinski definition) is 1. The summed E-state index contributed by atoms with van der Waals surface area (Å²) in [7, 11) is 0. The Morgan fingerprint density at radius 1 is 1.15 bits per heavy atom. The molecule has 0 aliphatic heterocycles. The Morgan fingerprint density at radius 2 is 1.54 bits per heavy atom. The van der Waals surface area contributed by atoms with Crippen LogP contribution in [0.25, 0.3) is 0 Å². The molecule has 0 spiro atoms. The molecular formula is C8H8BrF3O. The van der Waals surface area contributed by atoms with E-state index >= 15 is 0 Å². The smallest absolute Gasteiger partial charge is 0.385 e. The molecular weight excluding hydrogens is 249 g/mol. The van der Waals surface area contributed by atoms with Crippen LogP contribution in [-0.4, -0.2) is 10.6 Å². The first-order valence-corrected chi connectivity index (χ1v) is 4.43. The van der Waals surface area contributed by atoms with Crippen LogP contribution in [0.3, 0.4) is 0 Å². The monoisotopic (exact) mass is 256 g/mol. The van der Waals surface area contributed by atoms with Crippen LogP contribution in [0, 0.1) is 0 Å². The van der Waals surface area contributed by atoms with E-state index in [1.54, 1.807) is 6.07 Å². The number of benzene rings is 1. The Balaban J connectivity index is 0.000000424. The lowest BCUT2D eigenvalue weighted by atomic mass is 10.2. The quantitative estimate of drug-likeness (QED) is 0.708. The number of alkyl halides is 4. The molecule has 1 rings (SSSR count). The maximum atomic E-state index is 11.8. The van der Waals surface area contributed by atoms with Crippen molar-refractivity contribution in [3.8, 4) is 0 Å². The van der Waals surface area contributed by atoms with Crippen LogP contribution < -0.4 is 0 Å². The largest absolute Gasteiger partial charge is 0.416 e. The second-order valence-corrected chi connectivity index (χ2v) is 2.48. The van der Waals surface area contributed by atoms with Crippen molar-refractivity contribution in [2.75, 3.05) is 5.52 Å². The van der Waals surface area contributed by atoms with E-state index in [2.05, 4.69) is 15.9 Å². The average Bonchev–Trinajstić information content (AvgIpc) is 2.06. The van der Waals surface area contributed by atoms with Crippen molar-refractivity contribution in [1.82, 2.24) is 0 Å². The van der Waals surface area contributed by atoms with Crippen LogP contribution in [0.15, 0.2) is 30.3 Å². The van der Waals surface area contributed by atoms with Gasteiger partial charge in [-0.25, -0.2) is 0 Å². The molecule has 1 N–H and O–H groups in total. The minimum atomic E-state index is -4.21. The molecule has 74 valence electrons. The maximum Gasteiger partial charge on any atom is 0.416 e. The van der Waals surface area contributed by atoms with Crippen LogP contribution in [-0.2, 0) is 6.18 Å². The second kappa shape index (κ2) is 5.99. The van der Waals surface area contributed by atoms with Gasteiger partial charge in [-0.1, -0.05) is 46.3 Å². The summed E-state index contributed by atoms with van der Waals surface area (Å²) in [6.45, 7) is 0. The van der Waals surface area contributed by atoms with Gasteiger partial charge in [0, 0.05) is 0 Å². The highest BCUT2D eigenvalue weighted by Gasteiger charge is 2.29. The molecule has 5 heteroatoms. The Labute approximate surface area is 82.3 Å². The third kappa shape index (κ3) is 5.65. The molecule has 0 amide bonds. The van der Waals surface area contributed by atoms with E-state index in [0.717, 1.165) is 12.1 Å². The van der Waals surface area contributed by atoms with Gasteiger partial charge in [-0.2, -0.15) is 13.2 Å². The van der Waals surface area contributed by atoms with Crippen LogP contribution in [0.5, 0.6) is 0 Å². The minimum Gasteiger partial charge on any atom is -0.385 e. The van der Waals surface area contributed by atoms with Crippen LogP contribution >= 0.6 is 15.9 Å². The van der Waals surface area contributed by atoms with Gasteiger partial charge < -0.3 is 5.11 Å². The molecule has 0 heterocycles. The summed E-state index contributed by atoms with van der Waals surface area (Å²) in [6.07, 6.45) is -4.21. The fraction of sp³-hybridized carbons (Fsp3) is 0.250. The molecule has 0 radical (unpaired) electrons. The topological polar surface area (TPSA) is 20.2 Å². The zero-order valence-corrected chi connectivity index (χ0v) is 8.14. The van der Waals surface area contributed by atoms with E-state index in [1.807, 2.05) is 0 Å². The van der Waals surface area contributed by atoms with Crippen molar-refractivity contribution >= 4 is 15.9 Å². The Bertz CT molecular complexity index is 223. The van der Waals surface area contributed by atoms with E-state index in [9.17, 15) is 13.2 Å². The van der Waals surface area contributed by atoms with Gasteiger partial charge in [-0.15, -0.1) is 0 Å². The molecule has 1 nitrogen and oxygen atoms in total. The molecule has 0 aliphatic carbocycles. The van der Waals surface area contributed by atoms with Crippen molar-refractivity contribution in [3.63, 3.8) is 0 Å². The molecule has 0 bridgehead atoms. The fourth-order valence-electron chi connectivity index (χ4n) is 0.627. The zero-order valence-electron chi connectivity index (χ0n) is 6.55. The molecule has 0 saturated carbocycles. The molecule has 1 aromatic carbocycles. The summed E-state index contributed by atoms with van der Waals surface area (Å²) in [6, 6.07) is 6.36. The first kappa shape index (κ1) is 12.4. The molecule has 0 unspecified atom stereocenters. The summed E-state index contributed by atoms with van der Waals surface area (Å²) in [4.78, 5) is 0. The third-order valence-corrected chi connectivity index (χ3v) is 1.10. The van der Waals surface area contributed by atoms with Gasteiger partial charge >= 0.3 is 6.18 Å². The molecule has 0 aliphatic rings. The van der Waals surface area contributed by atoms with Gasteiger partial charge in [0.2, 0.25) is 0 Å². The molecule has 0 aromatic heterocycles. The van der Waals surface area contributed by atoms with E-state index in [1.165, 1.54) is 12.1 Å². The SMILES string of the molecule is FC(F)(F)c1ccccc1.OCBr. The predicted molar refractivity (Wildman–Crippen MR) is 47.5 cm³/mol. The Hall–Kier alpha value is -0.550. The van der Waals surface area contributed by atoms with Gasteiger partial charge in [-0.3, -0.25) is 0 Å². The van der Waals surface area contributed by atoms with E-state index < -0.39 is 11.7 Å². The number of aliphatic hydroxyl groups excluding tert-OH is 1. The predicted octanol–water partition coefficient (Wildman–Crippen LogP) is 3.04. The lowest BCUT2D eigenvalue weighted by Gasteiger charge is -2.03. The fourth-order valence-corrected chi connectivity index (χ4v) is 0.627. The zero-order chi connectivity index (χ0) is 10.3. The maximum absolute atomic E-state index is 11.8. The molecule has 0 atom stereocenters. The van der Waals surface area contributed by atoms with Gasteiger partial charge in [0.25, 0.3) is 0 Å². The summed E-state index contributed by atoms with van der Waals surface area (Å²) >= 11 is 2.70. The second-order valence-electron chi connectivity index (χ2n) is 1.98. The standard InChI is InChI=1S/C7H5F3.CH3BrO/c8-7(9,10)6-4-2-1-3-5-6;2-1-3/h1-5H;3H,1H2. The van der Waals surface area contributed by atoms with Crippen molar-refractivity contribution in [1.29, 1.82) is 0 Å². The first-order chi connectivity index (χ1) is 6.02. The normalized spacial score (nSPS) is 10.2. The highest BCUT2D eigenvalue weighted by molar-refractivity contribution is 9.09. The summed E-state index contributed by atoms with van der Waals surface area (Å²) < 4.78 is 35.4. The summed E-state index contributed by atoms with van der Waals surface area (Å²) in [5.74, 6) is 0. The summed E-state index contributed by atoms with van der Waals surface area (Å²) in [5, 5.41) is 7.49. The van der Waals surface area contributed by atoms with Crippen molar-refractivity contribution < 1.29 is 18.3 Å². The van der Waals surface area contributed by atoms with Crippen LogP contribution in [0.1, 0.15) is 5.56 Å². The molecule has 1 aromatic rings. The van der Waals surface area contributed by atoms with E-state index in [-0.39, 0.29) is 5.52 Å². The first-order valence-electron chi connectivity index (χ1n) is 3.31. The molecule has 13 heavy (non-hydrogen) atoms. The number of rotatable bonds is 0. The van der Waals surface area contributed by atoms with Crippen LogP contribution in [0.2, 0.25) is 0 Å². The highest BCUT2D eigenvalue weighted by atomic mass is 79.9. The number of hydrogen-bond donors (Lipinski definition) is 1. The van der Waals surface area contributed by atoms with E-state index in [0.29, 0.717) is 0 Å². The molecule has 0 saturated heterocycles. The van der Waals surface area contributed by atoms with Crippen molar-refractivity contribution in [3.05, 3.63) is 35.9 Å². The molecule has 0 fully saturated rings. The van der Waals surface area contributed by atoms with Crippen molar-refractivity contribution in [2.24, 2.45) is 0 Å². The number of aliphatic hydroxyl groups is 1. The highest BCUT2D eigenvalue weighted by Crippen LogP contribution is 2.28. The Kier molecular flexibility index (Phi) is 5.73.